The molecule has 0 aliphatic carbocycles. The Kier molecular flexibility index (Phi) is 5.30. The number of aliphatic carboxylic acids is 1. The van der Waals surface area contributed by atoms with Crippen molar-refractivity contribution in [2.45, 2.75) is 25.2 Å². The molecule has 1 aliphatic heterocycles. The van der Waals surface area contributed by atoms with Crippen LogP contribution in [0.15, 0.2) is 29.3 Å². The predicted octanol–water partition coefficient (Wildman–Crippen LogP) is 2.10. The van der Waals surface area contributed by atoms with E-state index in [9.17, 15) is 4.79 Å². The normalized spacial score (nSPS) is 20.4. The third-order valence-corrected chi connectivity index (χ3v) is 3.81. The maximum atomic E-state index is 10.8. The van der Waals surface area contributed by atoms with Crippen LogP contribution in [0.3, 0.4) is 0 Å². The summed E-state index contributed by atoms with van der Waals surface area (Å²) in [5.41, 5.74) is 2.54. The lowest BCUT2D eigenvalue weighted by Crippen LogP contribution is -2.12. The molecule has 4 heteroatoms. The molecule has 1 aromatic rings. The van der Waals surface area contributed by atoms with Crippen LogP contribution in [0, 0.1) is 5.92 Å². The Labute approximate surface area is 119 Å². The first-order chi connectivity index (χ1) is 9.69. The first-order valence-electron chi connectivity index (χ1n) is 7.12. The lowest BCUT2D eigenvalue weighted by atomic mass is 9.93. The number of benzene rings is 1. The molecule has 4 nitrogen and oxygen atoms in total. The zero-order chi connectivity index (χ0) is 14.4. The van der Waals surface area contributed by atoms with Crippen molar-refractivity contribution < 1.29 is 9.90 Å². The third kappa shape index (κ3) is 4.17. The summed E-state index contributed by atoms with van der Waals surface area (Å²) >= 11 is 0. The minimum absolute atomic E-state index is 0.0310. The fraction of sp³-hybridized carbons (Fsp3) is 0.500. The Bertz CT molecular complexity index is 462. The van der Waals surface area contributed by atoms with E-state index in [0.717, 1.165) is 19.5 Å². The van der Waals surface area contributed by atoms with Crippen LogP contribution in [-0.4, -0.2) is 37.4 Å². The fourth-order valence-corrected chi connectivity index (χ4v) is 2.78. The number of carboxylic acid groups (broad SMARTS) is 1. The van der Waals surface area contributed by atoms with Gasteiger partial charge >= 0.3 is 5.97 Å². The quantitative estimate of drug-likeness (QED) is 0.781. The second-order valence-corrected chi connectivity index (χ2v) is 5.40. The Hall–Kier alpha value is -1.68. The van der Waals surface area contributed by atoms with Crippen molar-refractivity contribution in [3.05, 3.63) is 35.4 Å². The number of carboxylic acids is 1. The molecule has 0 saturated carbocycles. The number of nitrogens with zero attached hydrogens (tertiary/aromatic N) is 1. The summed E-state index contributed by atoms with van der Waals surface area (Å²) in [6, 6.07) is 8.58. The van der Waals surface area contributed by atoms with E-state index >= 15 is 0 Å². The van der Waals surface area contributed by atoms with Gasteiger partial charge in [0, 0.05) is 25.7 Å². The highest BCUT2D eigenvalue weighted by atomic mass is 16.4. The number of rotatable bonds is 6. The molecule has 1 fully saturated rings. The lowest BCUT2D eigenvalue weighted by Gasteiger charge is -2.12. The zero-order valence-electron chi connectivity index (χ0n) is 11.9. The molecule has 2 rings (SSSR count). The molecule has 0 amide bonds. The molecular weight excluding hydrogens is 252 g/mol. The molecule has 1 saturated heterocycles. The molecule has 2 atom stereocenters. The Morgan fingerprint density at radius 2 is 2.25 bits per heavy atom. The molecule has 0 bridgehead atoms. The minimum Gasteiger partial charge on any atom is -0.481 e. The average molecular weight is 274 g/mol. The van der Waals surface area contributed by atoms with E-state index in [1.807, 2.05) is 0 Å². The van der Waals surface area contributed by atoms with Gasteiger partial charge in [-0.2, -0.15) is 0 Å². The van der Waals surface area contributed by atoms with E-state index in [0.29, 0.717) is 5.92 Å². The highest BCUT2D eigenvalue weighted by Crippen LogP contribution is 2.23. The minimum atomic E-state index is -0.774. The summed E-state index contributed by atoms with van der Waals surface area (Å²) in [6.07, 6.45) is 3.80. The summed E-state index contributed by atoms with van der Waals surface area (Å²) in [4.78, 5) is 14.8. The first-order valence-corrected chi connectivity index (χ1v) is 7.12. The van der Waals surface area contributed by atoms with Crippen LogP contribution in [0.2, 0.25) is 0 Å². The fourth-order valence-electron chi connectivity index (χ4n) is 2.78. The topological polar surface area (TPSA) is 61.7 Å². The predicted molar refractivity (Wildman–Crippen MR) is 80.5 cm³/mol. The van der Waals surface area contributed by atoms with Crippen LogP contribution in [0.4, 0.5) is 0 Å². The Balaban J connectivity index is 1.99. The van der Waals surface area contributed by atoms with Crippen LogP contribution in [-0.2, 0) is 11.2 Å². The lowest BCUT2D eigenvalue weighted by molar-refractivity contribution is -0.137. The van der Waals surface area contributed by atoms with Gasteiger partial charge in [-0.25, -0.2) is 0 Å². The van der Waals surface area contributed by atoms with E-state index < -0.39 is 5.97 Å². The van der Waals surface area contributed by atoms with E-state index in [2.05, 4.69) is 34.6 Å². The van der Waals surface area contributed by atoms with Gasteiger partial charge in [0.25, 0.3) is 0 Å². The van der Waals surface area contributed by atoms with E-state index in [-0.39, 0.29) is 12.3 Å². The van der Waals surface area contributed by atoms with Gasteiger partial charge in [-0.3, -0.25) is 4.79 Å². The maximum absolute atomic E-state index is 10.8. The second-order valence-electron chi connectivity index (χ2n) is 5.40. The highest BCUT2D eigenvalue weighted by molar-refractivity contribution is 5.73. The largest absolute Gasteiger partial charge is 0.481 e. The molecule has 2 N–H and O–H groups in total. The molecule has 1 aliphatic rings. The average Bonchev–Trinajstić information content (AvgIpc) is 2.93. The van der Waals surface area contributed by atoms with Gasteiger partial charge in [-0.1, -0.05) is 24.3 Å². The maximum Gasteiger partial charge on any atom is 0.304 e. The number of hydrogen-bond donors (Lipinski definition) is 2. The van der Waals surface area contributed by atoms with Crippen LogP contribution in [0.25, 0.3) is 0 Å². The van der Waals surface area contributed by atoms with E-state index in [1.54, 1.807) is 13.3 Å². The SMILES string of the molecule is CN=CC(CC(=O)O)Cc1ccc(C2CCNC2)cc1. The van der Waals surface area contributed by atoms with Gasteiger partial charge in [-0.15, -0.1) is 0 Å². The van der Waals surface area contributed by atoms with Crippen LogP contribution < -0.4 is 5.32 Å². The van der Waals surface area contributed by atoms with Crippen LogP contribution in [0.5, 0.6) is 0 Å². The summed E-state index contributed by atoms with van der Waals surface area (Å²) < 4.78 is 0. The monoisotopic (exact) mass is 274 g/mol. The van der Waals surface area contributed by atoms with E-state index in [4.69, 9.17) is 5.11 Å². The van der Waals surface area contributed by atoms with Gasteiger partial charge in [0.15, 0.2) is 0 Å². The van der Waals surface area contributed by atoms with Crippen molar-refractivity contribution in [1.82, 2.24) is 5.32 Å². The Morgan fingerprint density at radius 3 is 2.80 bits per heavy atom. The van der Waals surface area contributed by atoms with Crippen molar-refractivity contribution in [2.75, 3.05) is 20.1 Å². The van der Waals surface area contributed by atoms with Gasteiger partial charge in [0.1, 0.15) is 0 Å². The van der Waals surface area contributed by atoms with Gasteiger partial charge in [0.05, 0.1) is 6.42 Å². The first kappa shape index (κ1) is 14.7. The van der Waals surface area contributed by atoms with Gasteiger partial charge in [-0.05, 0) is 36.4 Å². The van der Waals surface area contributed by atoms with Crippen molar-refractivity contribution in [1.29, 1.82) is 0 Å². The van der Waals surface area contributed by atoms with Crippen molar-refractivity contribution >= 4 is 12.2 Å². The summed E-state index contributed by atoms with van der Waals surface area (Å²) in [5.74, 6) is -0.184. The van der Waals surface area contributed by atoms with Crippen molar-refractivity contribution in [3.63, 3.8) is 0 Å². The second kappa shape index (κ2) is 7.20. The number of aliphatic imine (C=N–C) groups is 1. The molecule has 1 aromatic carbocycles. The molecule has 20 heavy (non-hydrogen) atoms. The molecule has 0 aromatic heterocycles. The van der Waals surface area contributed by atoms with Crippen LogP contribution in [0.1, 0.15) is 29.9 Å². The molecule has 0 spiro atoms. The highest BCUT2D eigenvalue weighted by Gasteiger charge is 2.17. The summed E-state index contributed by atoms with van der Waals surface area (Å²) in [7, 11) is 1.69. The zero-order valence-corrected chi connectivity index (χ0v) is 11.9. The third-order valence-electron chi connectivity index (χ3n) is 3.81. The molecule has 0 radical (unpaired) electrons. The van der Waals surface area contributed by atoms with E-state index in [1.165, 1.54) is 17.5 Å². The van der Waals surface area contributed by atoms with Gasteiger partial charge in [0.2, 0.25) is 0 Å². The smallest absolute Gasteiger partial charge is 0.304 e. The summed E-state index contributed by atoms with van der Waals surface area (Å²) in [5, 5.41) is 12.3. The number of carbonyl (C=O) groups is 1. The standard InChI is InChI=1S/C16H22N2O2/c1-17-10-13(9-16(19)20)8-12-2-4-14(5-3-12)15-6-7-18-11-15/h2-5,10,13,15,18H,6-9,11H2,1H3,(H,19,20). The Morgan fingerprint density at radius 1 is 1.50 bits per heavy atom. The van der Waals surface area contributed by atoms with Gasteiger partial charge < -0.3 is 15.4 Å². The molecule has 1 heterocycles. The van der Waals surface area contributed by atoms with Crippen molar-refractivity contribution in [2.24, 2.45) is 10.9 Å². The molecule has 2 unspecified atom stereocenters. The number of nitrogens with one attached hydrogen (secondary N) is 1. The molecular formula is C16H22N2O2. The molecule has 108 valence electrons. The number of hydrogen-bond acceptors (Lipinski definition) is 3. The van der Waals surface area contributed by atoms with Crippen LogP contribution >= 0.6 is 0 Å². The van der Waals surface area contributed by atoms with Crippen molar-refractivity contribution in [3.8, 4) is 0 Å². The summed E-state index contributed by atoms with van der Waals surface area (Å²) in [6.45, 7) is 2.16.